The van der Waals surface area contributed by atoms with Crippen LogP contribution in [0.3, 0.4) is 0 Å². The van der Waals surface area contributed by atoms with Gasteiger partial charge in [-0.3, -0.25) is 0 Å². The van der Waals surface area contributed by atoms with Crippen LogP contribution in [0.4, 0.5) is 0 Å². The lowest BCUT2D eigenvalue weighted by Gasteiger charge is -2.19. The molecule has 1 aromatic carbocycles. The van der Waals surface area contributed by atoms with Crippen LogP contribution in [0.1, 0.15) is 30.0 Å². The third-order valence-electron chi connectivity index (χ3n) is 3.41. The molecular formula is C14H22N2O2. The molecule has 0 amide bonds. The van der Waals surface area contributed by atoms with Crippen molar-refractivity contribution < 1.29 is 9.47 Å². The highest BCUT2D eigenvalue weighted by molar-refractivity contribution is 5.50. The number of nitrogens with two attached hydrogens (primary N) is 1. The van der Waals surface area contributed by atoms with Crippen molar-refractivity contribution in [2.45, 2.75) is 31.8 Å². The van der Waals surface area contributed by atoms with Gasteiger partial charge in [0.25, 0.3) is 0 Å². The fourth-order valence-corrected chi connectivity index (χ4v) is 2.17. The third kappa shape index (κ3) is 2.76. The standard InChI is InChI=1S/C14H22N2O2/c1-9-13(17-2)7-6-11(14(9)18-3)12(15)8-16-10-4-5-10/h6-7,10,12,16H,4-5,8,15H2,1-3H3. The third-order valence-corrected chi connectivity index (χ3v) is 3.41. The summed E-state index contributed by atoms with van der Waals surface area (Å²) in [5.41, 5.74) is 8.26. The molecule has 4 heteroatoms. The average molecular weight is 250 g/mol. The minimum atomic E-state index is -0.0508. The molecule has 3 N–H and O–H groups in total. The fourth-order valence-electron chi connectivity index (χ4n) is 2.17. The zero-order valence-electron chi connectivity index (χ0n) is 11.3. The van der Waals surface area contributed by atoms with Gasteiger partial charge in [0.2, 0.25) is 0 Å². The highest BCUT2D eigenvalue weighted by atomic mass is 16.5. The van der Waals surface area contributed by atoms with E-state index in [9.17, 15) is 0 Å². The summed E-state index contributed by atoms with van der Waals surface area (Å²) in [6.07, 6.45) is 2.54. The van der Waals surface area contributed by atoms with Gasteiger partial charge in [-0.25, -0.2) is 0 Å². The normalized spacial score (nSPS) is 16.4. The predicted octanol–water partition coefficient (Wildman–Crippen LogP) is 1.76. The summed E-state index contributed by atoms with van der Waals surface area (Å²) >= 11 is 0. The Kier molecular flexibility index (Phi) is 4.09. The summed E-state index contributed by atoms with van der Waals surface area (Å²) < 4.78 is 10.8. The van der Waals surface area contributed by atoms with Crippen molar-refractivity contribution in [1.82, 2.24) is 5.32 Å². The molecule has 1 atom stereocenters. The predicted molar refractivity (Wildman–Crippen MR) is 72.2 cm³/mol. The van der Waals surface area contributed by atoms with Crippen molar-refractivity contribution in [3.63, 3.8) is 0 Å². The second-order valence-electron chi connectivity index (χ2n) is 4.80. The van der Waals surface area contributed by atoms with Gasteiger partial charge in [-0.05, 0) is 25.8 Å². The first-order chi connectivity index (χ1) is 8.67. The molecule has 1 saturated carbocycles. The Morgan fingerprint density at radius 3 is 2.61 bits per heavy atom. The first kappa shape index (κ1) is 13.2. The Labute approximate surface area is 108 Å². The average Bonchev–Trinajstić information content (AvgIpc) is 3.19. The molecule has 4 nitrogen and oxygen atoms in total. The van der Waals surface area contributed by atoms with Crippen molar-refractivity contribution in [2.24, 2.45) is 5.73 Å². The van der Waals surface area contributed by atoms with Gasteiger partial charge in [-0.1, -0.05) is 6.07 Å². The largest absolute Gasteiger partial charge is 0.496 e. The summed E-state index contributed by atoms with van der Waals surface area (Å²) in [6, 6.07) is 4.56. The summed E-state index contributed by atoms with van der Waals surface area (Å²) in [5, 5.41) is 3.44. The van der Waals surface area contributed by atoms with Gasteiger partial charge in [0.05, 0.1) is 14.2 Å². The van der Waals surface area contributed by atoms with Crippen molar-refractivity contribution in [1.29, 1.82) is 0 Å². The molecule has 100 valence electrons. The molecular weight excluding hydrogens is 228 g/mol. The summed E-state index contributed by atoms with van der Waals surface area (Å²) in [7, 11) is 3.34. The Bertz CT molecular complexity index is 417. The molecule has 0 bridgehead atoms. The van der Waals surface area contributed by atoms with E-state index in [-0.39, 0.29) is 6.04 Å². The quantitative estimate of drug-likeness (QED) is 0.808. The highest BCUT2D eigenvalue weighted by Gasteiger charge is 2.23. The summed E-state index contributed by atoms with van der Waals surface area (Å²) in [5.74, 6) is 1.66. The van der Waals surface area contributed by atoms with Crippen LogP contribution in [0, 0.1) is 6.92 Å². The van der Waals surface area contributed by atoms with Crippen LogP contribution in [0.25, 0.3) is 0 Å². The van der Waals surface area contributed by atoms with Crippen LogP contribution >= 0.6 is 0 Å². The van der Waals surface area contributed by atoms with Gasteiger partial charge < -0.3 is 20.5 Å². The highest BCUT2D eigenvalue weighted by Crippen LogP contribution is 2.34. The van der Waals surface area contributed by atoms with E-state index in [1.54, 1.807) is 14.2 Å². The number of hydrogen-bond acceptors (Lipinski definition) is 4. The number of methoxy groups -OCH3 is 2. The minimum absolute atomic E-state index is 0.0508. The van der Waals surface area contributed by atoms with E-state index in [4.69, 9.17) is 15.2 Å². The maximum atomic E-state index is 6.22. The smallest absolute Gasteiger partial charge is 0.130 e. The Morgan fingerprint density at radius 1 is 1.33 bits per heavy atom. The van der Waals surface area contributed by atoms with Crippen LogP contribution in [-0.2, 0) is 0 Å². The minimum Gasteiger partial charge on any atom is -0.496 e. The van der Waals surface area contributed by atoms with Gasteiger partial charge in [-0.2, -0.15) is 0 Å². The van der Waals surface area contributed by atoms with Gasteiger partial charge in [0, 0.05) is 29.8 Å². The molecule has 0 aromatic heterocycles. The Morgan fingerprint density at radius 2 is 2.06 bits per heavy atom. The van der Waals surface area contributed by atoms with E-state index >= 15 is 0 Å². The van der Waals surface area contributed by atoms with Gasteiger partial charge in [0.15, 0.2) is 0 Å². The first-order valence-corrected chi connectivity index (χ1v) is 6.37. The SMILES string of the molecule is COc1ccc(C(N)CNC2CC2)c(OC)c1C. The number of ether oxygens (including phenoxy) is 2. The van der Waals surface area contributed by atoms with E-state index < -0.39 is 0 Å². The van der Waals surface area contributed by atoms with E-state index in [1.807, 2.05) is 19.1 Å². The monoisotopic (exact) mass is 250 g/mol. The van der Waals surface area contributed by atoms with Crippen LogP contribution < -0.4 is 20.5 Å². The molecule has 0 radical (unpaired) electrons. The zero-order chi connectivity index (χ0) is 13.1. The van der Waals surface area contributed by atoms with Crippen molar-refractivity contribution in [2.75, 3.05) is 20.8 Å². The van der Waals surface area contributed by atoms with E-state index in [0.29, 0.717) is 6.04 Å². The molecule has 1 aliphatic carbocycles. The van der Waals surface area contributed by atoms with Crippen molar-refractivity contribution in [3.05, 3.63) is 23.3 Å². The van der Waals surface area contributed by atoms with Crippen LogP contribution in [-0.4, -0.2) is 26.8 Å². The lowest BCUT2D eigenvalue weighted by molar-refractivity contribution is 0.382. The van der Waals surface area contributed by atoms with Crippen LogP contribution in [0.15, 0.2) is 12.1 Å². The van der Waals surface area contributed by atoms with Gasteiger partial charge in [0.1, 0.15) is 11.5 Å². The zero-order valence-corrected chi connectivity index (χ0v) is 11.3. The number of rotatable bonds is 6. The molecule has 0 heterocycles. The van der Waals surface area contributed by atoms with E-state index in [0.717, 1.165) is 29.2 Å². The molecule has 1 aliphatic rings. The fraction of sp³-hybridized carbons (Fsp3) is 0.571. The molecule has 1 aromatic rings. The second-order valence-corrected chi connectivity index (χ2v) is 4.80. The van der Waals surface area contributed by atoms with Crippen LogP contribution in [0.2, 0.25) is 0 Å². The van der Waals surface area contributed by atoms with E-state index in [2.05, 4.69) is 5.32 Å². The molecule has 18 heavy (non-hydrogen) atoms. The lowest BCUT2D eigenvalue weighted by Crippen LogP contribution is -2.28. The first-order valence-electron chi connectivity index (χ1n) is 6.37. The maximum absolute atomic E-state index is 6.22. The molecule has 0 aliphatic heterocycles. The van der Waals surface area contributed by atoms with Gasteiger partial charge >= 0.3 is 0 Å². The topological polar surface area (TPSA) is 56.5 Å². The Hall–Kier alpha value is -1.26. The summed E-state index contributed by atoms with van der Waals surface area (Å²) in [6.45, 7) is 2.77. The number of nitrogens with one attached hydrogen (secondary N) is 1. The summed E-state index contributed by atoms with van der Waals surface area (Å²) in [4.78, 5) is 0. The second kappa shape index (κ2) is 5.59. The molecule has 1 unspecified atom stereocenters. The number of benzene rings is 1. The number of hydrogen-bond donors (Lipinski definition) is 2. The molecule has 0 spiro atoms. The van der Waals surface area contributed by atoms with Gasteiger partial charge in [-0.15, -0.1) is 0 Å². The van der Waals surface area contributed by atoms with E-state index in [1.165, 1.54) is 12.8 Å². The van der Waals surface area contributed by atoms with Crippen molar-refractivity contribution >= 4 is 0 Å². The Balaban J connectivity index is 2.16. The van der Waals surface area contributed by atoms with Crippen LogP contribution in [0.5, 0.6) is 11.5 Å². The molecule has 0 saturated heterocycles. The molecule has 2 rings (SSSR count). The molecule has 1 fully saturated rings. The lowest BCUT2D eigenvalue weighted by atomic mass is 10.0. The van der Waals surface area contributed by atoms with Crippen molar-refractivity contribution in [3.8, 4) is 11.5 Å². The maximum Gasteiger partial charge on any atom is 0.130 e.